The third kappa shape index (κ3) is 4.39. The van der Waals surface area contributed by atoms with Crippen molar-refractivity contribution in [1.29, 1.82) is 0 Å². The van der Waals surface area contributed by atoms with E-state index in [0.29, 0.717) is 0 Å². The van der Waals surface area contributed by atoms with Crippen LogP contribution in [0.2, 0.25) is 0 Å². The number of alkyl halides is 2. The summed E-state index contributed by atoms with van der Waals surface area (Å²) < 4.78 is 83.3. The molecule has 1 aliphatic rings. The molecule has 0 spiro atoms. The molecule has 0 saturated carbocycles. The van der Waals surface area contributed by atoms with Crippen molar-refractivity contribution in [2.75, 3.05) is 13.1 Å². The van der Waals surface area contributed by atoms with Crippen LogP contribution in [0.4, 0.5) is 31.1 Å². The first-order valence-corrected chi connectivity index (χ1v) is 8.92. The highest BCUT2D eigenvalue weighted by atomic mass is 19.2. The Hall–Kier alpha value is -3.37. The van der Waals surface area contributed by atoms with Crippen LogP contribution in [0.25, 0.3) is 0 Å². The summed E-state index contributed by atoms with van der Waals surface area (Å²) in [6, 6.07) is 3.95. The lowest BCUT2D eigenvalue weighted by Crippen LogP contribution is -2.56. The number of carbonyl (C=O) groups is 3. The van der Waals surface area contributed by atoms with Crippen LogP contribution in [0, 0.1) is 23.3 Å². The van der Waals surface area contributed by atoms with Gasteiger partial charge in [-0.1, -0.05) is 24.3 Å². The van der Waals surface area contributed by atoms with E-state index in [9.17, 15) is 40.7 Å². The molecule has 0 N–H and O–H groups in total. The topological polar surface area (TPSA) is 57.7 Å². The Labute approximate surface area is 171 Å². The summed E-state index contributed by atoms with van der Waals surface area (Å²) in [6.07, 6.45) is -5.59. The number of halogens is 6. The van der Waals surface area contributed by atoms with Crippen molar-refractivity contribution < 1.29 is 40.7 Å². The molecule has 0 bridgehead atoms. The average molecular weight is 444 g/mol. The molecule has 5 nitrogen and oxygen atoms in total. The number of rotatable bonds is 6. The van der Waals surface area contributed by atoms with E-state index in [4.69, 9.17) is 0 Å². The highest BCUT2D eigenvalue weighted by Crippen LogP contribution is 2.28. The number of benzene rings is 2. The van der Waals surface area contributed by atoms with Crippen LogP contribution in [0.15, 0.2) is 36.4 Å². The van der Waals surface area contributed by atoms with Crippen LogP contribution in [0.5, 0.6) is 0 Å². The largest absolute Gasteiger partial charge is 0.333 e. The molecule has 2 atom stereocenters. The van der Waals surface area contributed by atoms with Gasteiger partial charge in [0.2, 0.25) is 11.8 Å². The van der Waals surface area contributed by atoms with Crippen molar-refractivity contribution in [1.82, 2.24) is 9.80 Å². The van der Waals surface area contributed by atoms with Gasteiger partial charge >= 0.3 is 6.03 Å². The van der Waals surface area contributed by atoms with Crippen LogP contribution in [-0.2, 0) is 9.59 Å². The molecule has 31 heavy (non-hydrogen) atoms. The number of amides is 4. The number of imide groups is 2. The molecule has 2 aromatic rings. The quantitative estimate of drug-likeness (QED) is 0.497. The maximum atomic E-state index is 14.5. The van der Waals surface area contributed by atoms with Crippen molar-refractivity contribution in [3.8, 4) is 0 Å². The number of urea groups is 1. The van der Waals surface area contributed by atoms with Gasteiger partial charge in [-0.3, -0.25) is 19.4 Å². The highest BCUT2D eigenvalue weighted by Gasteiger charge is 2.41. The van der Waals surface area contributed by atoms with E-state index in [0.717, 1.165) is 36.4 Å². The zero-order chi connectivity index (χ0) is 22.9. The lowest BCUT2D eigenvalue weighted by Gasteiger charge is -2.34. The normalized spacial score (nSPS) is 16.6. The van der Waals surface area contributed by atoms with Crippen molar-refractivity contribution in [3.05, 3.63) is 70.8 Å². The Balaban J connectivity index is 1.80. The summed E-state index contributed by atoms with van der Waals surface area (Å²) in [5.41, 5.74) is -1.51. The van der Waals surface area contributed by atoms with Crippen LogP contribution >= 0.6 is 0 Å². The second-order valence-corrected chi connectivity index (χ2v) is 6.69. The zero-order valence-electron chi connectivity index (χ0n) is 15.6. The zero-order valence-corrected chi connectivity index (χ0v) is 15.6. The van der Waals surface area contributed by atoms with E-state index in [1.807, 2.05) is 0 Å². The van der Waals surface area contributed by atoms with Crippen molar-refractivity contribution in [2.24, 2.45) is 0 Å². The predicted molar refractivity (Wildman–Crippen MR) is 93.9 cm³/mol. The van der Waals surface area contributed by atoms with Gasteiger partial charge in [0.1, 0.15) is 18.8 Å². The Morgan fingerprint density at radius 2 is 1.10 bits per heavy atom. The summed E-state index contributed by atoms with van der Waals surface area (Å²) in [6.45, 7) is -2.12. The first kappa shape index (κ1) is 22.3. The average Bonchev–Trinajstić information content (AvgIpc) is 2.72. The van der Waals surface area contributed by atoms with Gasteiger partial charge < -0.3 is 0 Å². The fraction of sp³-hybridized carbons (Fsp3) is 0.250. The van der Waals surface area contributed by atoms with Gasteiger partial charge in [0, 0.05) is 11.1 Å². The molecular weight excluding hydrogens is 430 g/mol. The van der Waals surface area contributed by atoms with Crippen LogP contribution < -0.4 is 0 Å². The Kier molecular flexibility index (Phi) is 6.32. The molecule has 1 aliphatic heterocycles. The summed E-state index contributed by atoms with van der Waals surface area (Å²) in [4.78, 5) is 37.1. The van der Waals surface area contributed by atoms with Crippen LogP contribution in [-0.4, -0.2) is 40.7 Å². The SMILES string of the molecule is O=C1CC(=O)N(C[C@H](F)c2cccc(F)c2F)C(=O)N1C[C@H](F)c1cccc(F)c1F. The fourth-order valence-corrected chi connectivity index (χ4v) is 3.08. The Morgan fingerprint density at radius 3 is 1.48 bits per heavy atom. The second-order valence-electron chi connectivity index (χ2n) is 6.69. The summed E-state index contributed by atoms with van der Waals surface area (Å²) in [5.74, 6) is -7.96. The molecule has 0 aliphatic carbocycles. The molecule has 0 radical (unpaired) electrons. The molecule has 4 amide bonds. The van der Waals surface area contributed by atoms with Crippen molar-refractivity contribution in [2.45, 2.75) is 18.8 Å². The molecule has 3 rings (SSSR count). The first-order chi connectivity index (χ1) is 14.6. The van der Waals surface area contributed by atoms with Gasteiger partial charge in [-0.25, -0.2) is 31.1 Å². The lowest BCUT2D eigenvalue weighted by atomic mass is 10.1. The standard InChI is InChI=1S/C20H14F6N2O3/c21-12-5-1-3-10(18(12)25)14(23)8-27-16(29)7-17(30)28(20(27)31)9-15(24)11-4-2-6-13(22)19(11)26/h1-6,14-15H,7-9H2/t14-,15-/m0/s1. The van der Waals surface area contributed by atoms with Crippen molar-refractivity contribution in [3.63, 3.8) is 0 Å². The van der Waals surface area contributed by atoms with Crippen LogP contribution in [0.3, 0.4) is 0 Å². The summed E-state index contributed by atoms with van der Waals surface area (Å²) in [7, 11) is 0. The van der Waals surface area contributed by atoms with Gasteiger partial charge in [0.25, 0.3) is 0 Å². The first-order valence-electron chi connectivity index (χ1n) is 8.92. The van der Waals surface area contributed by atoms with Gasteiger partial charge in [-0.05, 0) is 12.1 Å². The van der Waals surface area contributed by atoms with Gasteiger partial charge in [-0.15, -0.1) is 0 Å². The maximum Gasteiger partial charge on any atom is 0.333 e. The minimum Gasteiger partial charge on any atom is -0.274 e. The maximum absolute atomic E-state index is 14.5. The molecule has 1 fully saturated rings. The van der Waals surface area contributed by atoms with E-state index in [1.165, 1.54) is 0 Å². The fourth-order valence-electron chi connectivity index (χ4n) is 3.08. The predicted octanol–water partition coefficient (Wildman–Crippen LogP) is 4.15. The van der Waals surface area contributed by atoms with Gasteiger partial charge in [0.15, 0.2) is 23.3 Å². The molecule has 164 valence electrons. The molecule has 1 heterocycles. The monoisotopic (exact) mass is 444 g/mol. The van der Waals surface area contributed by atoms with E-state index < -0.39 is 84.1 Å². The van der Waals surface area contributed by atoms with Gasteiger partial charge in [-0.2, -0.15) is 0 Å². The minimum absolute atomic E-state index is 0.255. The highest BCUT2D eigenvalue weighted by molar-refractivity contribution is 6.14. The third-order valence-electron chi connectivity index (χ3n) is 4.69. The number of hydrogen-bond donors (Lipinski definition) is 0. The lowest BCUT2D eigenvalue weighted by molar-refractivity contribution is -0.143. The van der Waals surface area contributed by atoms with E-state index in [-0.39, 0.29) is 9.80 Å². The minimum atomic E-state index is -2.33. The molecule has 2 aromatic carbocycles. The van der Waals surface area contributed by atoms with E-state index in [2.05, 4.69) is 0 Å². The Morgan fingerprint density at radius 1 is 0.710 bits per heavy atom. The third-order valence-corrected chi connectivity index (χ3v) is 4.69. The van der Waals surface area contributed by atoms with E-state index in [1.54, 1.807) is 0 Å². The van der Waals surface area contributed by atoms with Gasteiger partial charge in [0.05, 0.1) is 13.1 Å². The smallest absolute Gasteiger partial charge is 0.274 e. The molecule has 0 aromatic heterocycles. The molecule has 0 unspecified atom stereocenters. The molecular formula is C20H14F6N2O3. The number of barbiturate groups is 1. The second kappa shape index (κ2) is 8.78. The number of hydrogen-bond acceptors (Lipinski definition) is 3. The number of nitrogens with zero attached hydrogens (tertiary/aromatic N) is 2. The molecule has 1 saturated heterocycles. The molecule has 11 heteroatoms. The summed E-state index contributed by atoms with van der Waals surface area (Å²) >= 11 is 0. The number of carbonyl (C=O) groups excluding carboxylic acids is 3. The van der Waals surface area contributed by atoms with Crippen molar-refractivity contribution >= 4 is 17.8 Å². The van der Waals surface area contributed by atoms with Crippen LogP contribution in [0.1, 0.15) is 29.9 Å². The Bertz CT molecular complexity index is 968. The summed E-state index contributed by atoms with van der Waals surface area (Å²) in [5, 5.41) is 0. The van der Waals surface area contributed by atoms with E-state index >= 15 is 0 Å².